The van der Waals surface area contributed by atoms with Crippen LogP contribution in [0.3, 0.4) is 0 Å². The summed E-state index contributed by atoms with van der Waals surface area (Å²) in [6.45, 7) is 2.31. The molecule has 0 aliphatic heterocycles. The Hall–Kier alpha value is -0.160. The van der Waals surface area contributed by atoms with Crippen LogP contribution in [0.1, 0.15) is 32.6 Å². The lowest BCUT2D eigenvalue weighted by Gasteiger charge is -2.42. The fraction of sp³-hybridized carbons (Fsp3) is 1.00. The van der Waals surface area contributed by atoms with Gasteiger partial charge in [0.25, 0.3) is 0 Å². The Morgan fingerprint density at radius 1 is 1.47 bits per heavy atom. The Bertz CT molecular complexity index is 210. The van der Waals surface area contributed by atoms with E-state index >= 15 is 0 Å². The van der Waals surface area contributed by atoms with Gasteiger partial charge in [0.2, 0.25) is 0 Å². The predicted molar refractivity (Wildman–Crippen MR) is 58.9 cm³/mol. The summed E-state index contributed by atoms with van der Waals surface area (Å²) in [6.07, 6.45) is 2.29. The number of hydrogen-bond donors (Lipinski definition) is 2. The number of quaternary nitrogens is 1. The van der Waals surface area contributed by atoms with Gasteiger partial charge < -0.3 is 20.1 Å². The van der Waals surface area contributed by atoms with E-state index in [1.54, 1.807) is 14.1 Å². The second-order valence-corrected chi connectivity index (χ2v) is 5.57. The highest BCUT2D eigenvalue weighted by molar-refractivity contribution is 4.89. The van der Waals surface area contributed by atoms with Crippen LogP contribution in [0.2, 0.25) is 0 Å². The van der Waals surface area contributed by atoms with Gasteiger partial charge in [-0.1, -0.05) is 0 Å². The zero-order valence-corrected chi connectivity index (χ0v) is 9.94. The lowest BCUT2D eigenvalue weighted by atomic mass is 9.74. The topological polar surface area (TPSA) is 63.5 Å². The van der Waals surface area contributed by atoms with Crippen LogP contribution < -0.4 is 0 Å². The minimum atomic E-state index is -0.714. The van der Waals surface area contributed by atoms with Crippen molar-refractivity contribution in [3.63, 3.8) is 0 Å². The van der Waals surface area contributed by atoms with Crippen LogP contribution in [0, 0.1) is 11.1 Å². The summed E-state index contributed by atoms with van der Waals surface area (Å²) in [4.78, 5) is 0. The summed E-state index contributed by atoms with van der Waals surface area (Å²) in [6, 6.07) is 0. The van der Waals surface area contributed by atoms with Gasteiger partial charge in [-0.3, -0.25) is 0 Å². The summed E-state index contributed by atoms with van der Waals surface area (Å²) in [7, 11) is 3.21. The zero-order chi connectivity index (χ0) is 11.7. The Labute approximate surface area is 91.7 Å². The van der Waals surface area contributed by atoms with E-state index in [4.69, 9.17) is 0 Å². The summed E-state index contributed by atoms with van der Waals surface area (Å²) >= 11 is 0. The van der Waals surface area contributed by atoms with Crippen LogP contribution >= 0.6 is 0 Å². The predicted octanol–water partition coefficient (Wildman–Crippen LogP) is 0.863. The lowest BCUT2D eigenvalue weighted by molar-refractivity contribution is -0.840. The molecule has 0 saturated heterocycles. The number of hydrogen-bond acceptors (Lipinski definition) is 3. The molecule has 0 radical (unpaired) electrons. The average molecular weight is 217 g/mol. The van der Waals surface area contributed by atoms with Crippen molar-refractivity contribution in [2.75, 3.05) is 20.6 Å². The van der Waals surface area contributed by atoms with Crippen molar-refractivity contribution >= 4 is 0 Å². The summed E-state index contributed by atoms with van der Waals surface area (Å²) in [5.74, 6) is 0.0487. The van der Waals surface area contributed by atoms with Gasteiger partial charge in [0.1, 0.15) is 0 Å². The molecule has 2 N–H and O–H groups in total. The van der Waals surface area contributed by atoms with Crippen molar-refractivity contribution < 1.29 is 14.9 Å². The number of nitrogens with zero attached hydrogens (tertiary/aromatic N) is 1. The molecular weight excluding hydrogens is 194 g/mol. The molecule has 4 heteroatoms. The van der Waals surface area contributed by atoms with Crippen LogP contribution in [0.15, 0.2) is 0 Å². The molecule has 0 aromatic carbocycles. The number of hydroxylamine groups is 3. The molecule has 1 saturated carbocycles. The van der Waals surface area contributed by atoms with Crippen LogP contribution in [0.25, 0.3) is 0 Å². The second kappa shape index (κ2) is 4.37. The Balaban J connectivity index is 2.50. The third kappa shape index (κ3) is 4.07. The van der Waals surface area contributed by atoms with Crippen LogP contribution in [-0.2, 0) is 0 Å². The molecule has 1 fully saturated rings. The fourth-order valence-electron chi connectivity index (χ4n) is 2.26. The first kappa shape index (κ1) is 12.9. The molecule has 4 nitrogen and oxygen atoms in total. The van der Waals surface area contributed by atoms with Crippen molar-refractivity contribution in [3.8, 4) is 0 Å². The smallest absolute Gasteiger partial charge is 0.0783 e. The number of rotatable bonds is 3. The fourth-order valence-corrected chi connectivity index (χ4v) is 2.26. The van der Waals surface area contributed by atoms with E-state index in [0.29, 0.717) is 32.2 Å². The monoisotopic (exact) mass is 217 g/mol. The van der Waals surface area contributed by atoms with E-state index in [2.05, 4.69) is 0 Å². The van der Waals surface area contributed by atoms with Gasteiger partial charge in [-0.2, -0.15) is 0 Å². The molecular formula is C11H23NO3. The number of aliphatic hydroxyl groups excluding tert-OH is 1. The van der Waals surface area contributed by atoms with Crippen molar-refractivity contribution in [3.05, 3.63) is 5.21 Å². The summed E-state index contributed by atoms with van der Waals surface area (Å²) < 4.78 is -0.331. The van der Waals surface area contributed by atoms with E-state index in [0.717, 1.165) is 0 Å². The minimum absolute atomic E-state index is 0.0487. The van der Waals surface area contributed by atoms with Crippen LogP contribution in [-0.4, -0.2) is 47.2 Å². The largest absolute Gasteiger partial charge is 0.633 e. The van der Waals surface area contributed by atoms with E-state index in [1.165, 1.54) is 0 Å². The molecule has 0 amide bonds. The first-order chi connectivity index (χ1) is 6.71. The lowest BCUT2D eigenvalue weighted by Crippen LogP contribution is -2.44. The average Bonchev–Trinajstić information content (AvgIpc) is 2.05. The first-order valence-corrected chi connectivity index (χ1v) is 5.65. The highest BCUT2D eigenvalue weighted by Gasteiger charge is 2.38. The quantitative estimate of drug-likeness (QED) is 0.544. The normalized spacial score (nSPS) is 38.0. The minimum Gasteiger partial charge on any atom is -0.633 e. The van der Waals surface area contributed by atoms with Gasteiger partial charge in [0, 0.05) is 6.42 Å². The molecule has 1 aliphatic rings. The molecule has 0 spiro atoms. The van der Waals surface area contributed by atoms with Crippen molar-refractivity contribution in [2.24, 2.45) is 5.92 Å². The first-order valence-electron chi connectivity index (χ1n) is 5.65. The molecule has 3 atom stereocenters. The van der Waals surface area contributed by atoms with Gasteiger partial charge in [0.15, 0.2) is 0 Å². The van der Waals surface area contributed by atoms with Gasteiger partial charge in [-0.05, 0) is 32.1 Å². The molecule has 15 heavy (non-hydrogen) atoms. The van der Waals surface area contributed by atoms with E-state index in [1.807, 2.05) is 6.92 Å². The highest BCUT2D eigenvalue weighted by atomic mass is 16.5. The molecule has 0 unspecified atom stereocenters. The van der Waals surface area contributed by atoms with E-state index in [9.17, 15) is 15.4 Å². The van der Waals surface area contributed by atoms with Gasteiger partial charge in [-0.15, -0.1) is 0 Å². The van der Waals surface area contributed by atoms with Gasteiger partial charge >= 0.3 is 0 Å². The standard InChI is InChI=1S/C11H23NO3/c1-11(14)6-4-10(13)8-9(11)5-7-12(2,3)15/h9-10,13-14H,4-8H2,1-3H3/t9-,10-,11+/m0/s1. The van der Waals surface area contributed by atoms with Crippen LogP contribution in [0.5, 0.6) is 0 Å². The maximum atomic E-state index is 11.4. The number of aliphatic hydroxyl groups is 2. The van der Waals surface area contributed by atoms with Crippen molar-refractivity contribution in [1.29, 1.82) is 0 Å². The molecule has 1 aliphatic carbocycles. The SMILES string of the molecule is C[C@@]1(O)CC[C@H](O)C[C@@H]1CC[N+](C)(C)[O-]. The summed E-state index contributed by atoms with van der Waals surface area (Å²) in [5.41, 5.74) is -0.714. The highest BCUT2D eigenvalue weighted by Crippen LogP contribution is 2.36. The van der Waals surface area contributed by atoms with E-state index in [-0.39, 0.29) is 16.7 Å². The molecule has 0 heterocycles. The maximum absolute atomic E-state index is 11.4. The Morgan fingerprint density at radius 2 is 2.07 bits per heavy atom. The maximum Gasteiger partial charge on any atom is 0.0783 e. The van der Waals surface area contributed by atoms with Gasteiger partial charge in [-0.25, -0.2) is 0 Å². The Kier molecular flexibility index (Phi) is 3.76. The molecule has 0 aromatic rings. The van der Waals surface area contributed by atoms with Crippen molar-refractivity contribution in [2.45, 2.75) is 44.3 Å². The molecule has 90 valence electrons. The second-order valence-electron chi connectivity index (χ2n) is 5.57. The van der Waals surface area contributed by atoms with Crippen LogP contribution in [0.4, 0.5) is 0 Å². The molecule has 0 aromatic heterocycles. The Morgan fingerprint density at radius 3 is 2.60 bits per heavy atom. The third-order valence-corrected chi connectivity index (χ3v) is 3.44. The van der Waals surface area contributed by atoms with Crippen molar-refractivity contribution in [1.82, 2.24) is 0 Å². The zero-order valence-electron chi connectivity index (χ0n) is 9.94. The van der Waals surface area contributed by atoms with E-state index < -0.39 is 5.60 Å². The molecule has 1 rings (SSSR count). The summed E-state index contributed by atoms with van der Waals surface area (Å²) in [5, 5.41) is 31.1. The van der Waals surface area contributed by atoms with Gasteiger partial charge in [0.05, 0.1) is 32.3 Å². The third-order valence-electron chi connectivity index (χ3n) is 3.44. The molecule has 0 bridgehead atoms.